The van der Waals surface area contributed by atoms with Crippen molar-refractivity contribution in [3.05, 3.63) is 52.1 Å². The molecule has 0 bridgehead atoms. The van der Waals surface area contributed by atoms with Crippen LogP contribution in [0.15, 0.2) is 18.2 Å². The number of nitrogens with zero attached hydrogens (tertiary/aromatic N) is 1. The lowest BCUT2D eigenvalue weighted by Gasteiger charge is -2.18. The Balaban J connectivity index is 0.000000825. The van der Waals surface area contributed by atoms with Crippen LogP contribution in [0.3, 0.4) is 0 Å². The maximum absolute atomic E-state index is 13.7. The molecule has 3 rings (SSSR count). The number of nitrogens with one attached hydrogen (secondary N) is 3. The van der Waals surface area contributed by atoms with Crippen molar-refractivity contribution in [2.24, 2.45) is 0 Å². The first kappa shape index (κ1) is 30.4. The number of aliphatic hydroxyl groups is 1. The third-order valence-corrected chi connectivity index (χ3v) is 5.59. The average molecular weight is 503 g/mol. The summed E-state index contributed by atoms with van der Waals surface area (Å²) in [7, 11) is 0. The van der Waals surface area contributed by atoms with E-state index in [1.54, 1.807) is 12.1 Å². The molecule has 2 heterocycles. The fourth-order valence-electron chi connectivity index (χ4n) is 3.66. The van der Waals surface area contributed by atoms with Gasteiger partial charge in [-0.3, -0.25) is 9.59 Å². The van der Waals surface area contributed by atoms with Crippen molar-refractivity contribution in [2.75, 3.05) is 38.1 Å². The van der Waals surface area contributed by atoms with Crippen LogP contribution in [0.5, 0.6) is 0 Å². The smallest absolute Gasteiger partial charge is 0.373 e. The number of aromatic nitrogens is 1. The van der Waals surface area contributed by atoms with E-state index in [-0.39, 0.29) is 18.0 Å². The van der Waals surface area contributed by atoms with Crippen LogP contribution in [0, 0.1) is 19.7 Å². The molecule has 0 fully saturated rings. The molecule has 1 aromatic heterocycles. The van der Waals surface area contributed by atoms with Gasteiger partial charge in [-0.05, 0) is 63.2 Å². The van der Waals surface area contributed by atoms with Gasteiger partial charge in [-0.2, -0.15) is 9.59 Å². The standard InChI is InChI=1S/C22H27FN4O2.C3H8O.CO2/c1-5-27(6-2)10-9-24-22(29)20-13(3)19(25-14(20)4)12-17-16-11-15(23)7-8-18(16)26-21(17)28;1-2-3-4;2-1-3/h7-8,11-12,25H,5-6,9-10H2,1-4H3,(H,24,29)(H,26,28);4H,2-3H2,1H3;/b17-12-;;. The zero-order valence-corrected chi connectivity index (χ0v) is 21.5. The molecule has 196 valence electrons. The Bertz CT molecular complexity index is 1100. The predicted molar refractivity (Wildman–Crippen MR) is 136 cm³/mol. The number of hydrogen-bond acceptors (Lipinski definition) is 6. The summed E-state index contributed by atoms with van der Waals surface area (Å²) < 4.78 is 13.7. The number of hydrogen-bond donors (Lipinski definition) is 4. The molecule has 2 amide bonds. The highest BCUT2D eigenvalue weighted by Gasteiger charge is 2.26. The minimum Gasteiger partial charge on any atom is -0.396 e. The van der Waals surface area contributed by atoms with Gasteiger partial charge in [-0.1, -0.05) is 20.8 Å². The van der Waals surface area contributed by atoms with Crippen molar-refractivity contribution >= 4 is 35.3 Å². The van der Waals surface area contributed by atoms with Crippen LogP contribution in [0.1, 0.15) is 60.1 Å². The minimum absolute atomic E-state index is 0.143. The highest BCUT2D eigenvalue weighted by Crippen LogP contribution is 2.34. The Morgan fingerprint density at radius 3 is 2.36 bits per heavy atom. The fourth-order valence-corrected chi connectivity index (χ4v) is 3.66. The predicted octanol–water partition coefficient (Wildman–Crippen LogP) is 3.14. The van der Waals surface area contributed by atoms with Crippen LogP contribution in [0.2, 0.25) is 0 Å². The van der Waals surface area contributed by atoms with Gasteiger partial charge in [0.2, 0.25) is 0 Å². The Labute approximate surface area is 210 Å². The molecule has 4 N–H and O–H groups in total. The zero-order chi connectivity index (χ0) is 27.3. The number of rotatable bonds is 8. The first-order valence-corrected chi connectivity index (χ1v) is 11.8. The molecule has 0 saturated carbocycles. The summed E-state index contributed by atoms with van der Waals surface area (Å²) in [6.45, 7) is 13.3. The average Bonchev–Trinajstić information content (AvgIpc) is 3.31. The summed E-state index contributed by atoms with van der Waals surface area (Å²) in [6.07, 6.45) is 2.80. The first-order chi connectivity index (χ1) is 17.2. The Morgan fingerprint density at radius 1 is 1.19 bits per heavy atom. The number of fused-ring (bicyclic) bond motifs is 1. The second-order valence-electron chi connectivity index (χ2n) is 7.96. The molecule has 10 heteroatoms. The van der Waals surface area contributed by atoms with Crippen molar-refractivity contribution in [3.63, 3.8) is 0 Å². The van der Waals surface area contributed by atoms with Gasteiger partial charge in [0.25, 0.3) is 11.8 Å². The van der Waals surface area contributed by atoms with E-state index in [4.69, 9.17) is 14.7 Å². The fraction of sp³-hybridized carbons (Fsp3) is 0.423. The maximum Gasteiger partial charge on any atom is 0.373 e. The number of carbonyl (C=O) groups is 2. The highest BCUT2D eigenvalue weighted by molar-refractivity contribution is 6.34. The number of aromatic amines is 1. The van der Waals surface area contributed by atoms with Crippen LogP contribution >= 0.6 is 0 Å². The number of anilines is 1. The summed E-state index contributed by atoms with van der Waals surface area (Å²) >= 11 is 0. The molecule has 0 radical (unpaired) electrons. The van der Waals surface area contributed by atoms with Crippen LogP contribution in [-0.2, 0) is 14.4 Å². The molecule has 2 aromatic rings. The molecule has 1 aliphatic heterocycles. The van der Waals surface area contributed by atoms with Gasteiger partial charge in [0.05, 0.1) is 11.1 Å². The number of H-pyrrole nitrogens is 1. The molecule has 0 aliphatic carbocycles. The Hall–Kier alpha value is -3.59. The second kappa shape index (κ2) is 15.4. The van der Waals surface area contributed by atoms with E-state index < -0.39 is 5.82 Å². The molecule has 0 saturated heterocycles. The van der Waals surface area contributed by atoms with Gasteiger partial charge >= 0.3 is 6.15 Å². The van der Waals surface area contributed by atoms with E-state index in [1.165, 1.54) is 12.1 Å². The van der Waals surface area contributed by atoms with E-state index in [0.717, 1.165) is 37.3 Å². The molecule has 36 heavy (non-hydrogen) atoms. The van der Waals surface area contributed by atoms with Gasteiger partial charge in [0, 0.05) is 42.3 Å². The number of aliphatic hydroxyl groups excluding tert-OH is 1. The number of aryl methyl sites for hydroxylation is 1. The summed E-state index contributed by atoms with van der Waals surface area (Å²) in [5.74, 6) is -0.836. The van der Waals surface area contributed by atoms with Crippen molar-refractivity contribution < 1.29 is 28.7 Å². The van der Waals surface area contributed by atoms with E-state index in [2.05, 4.69) is 34.4 Å². The number of likely N-dealkylation sites (N-methyl/N-ethyl adjacent to an activating group) is 1. The monoisotopic (exact) mass is 502 g/mol. The summed E-state index contributed by atoms with van der Waals surface area (Å²) in [5.41, 5.74) is 4.20. The number of halogens is 1. The summed E-state index contributed by atoms with van der Waals surface area (Å²) in [5, 5.41) is 13.6. The van der Waals surface area contributed by atoms with Crippen LogP contribution in [-0.4, -0.2) is 65.7 Å². The van der Waals surface area contributed by atoms with Crippen molar-refractivity contribution in [3.8, 4) is 0 Å². The molecule has 0 spiro atoms. The minimum atomic E-state index is -0.404. The number of amides is 2. The third kappa shape index (κ3) is 8.27. The first-order valence-electron chi connectivity index (χ1n) is 11.8. The lowest BCUT2D eigenvalue weighted by molar-refractivity contribution is -0.191. The lowest BCUT2D eigenvalue weighted by atomic mass is 10.0. The van der Waals surface area contributed by atoms with Crippen molar-refractivity contribution in [2.45, 2.75) is 41.0 Å². The number of benzene rings is 1. The lowest BCUT2D eigenvalue weighted by Crippen LogP contribution is -2.35. The second-order valence-corrected chi connectivity index (χ2v) is 7.96. The largest absolute Gasteiger partial charge is 0.396 e. The molecule has 0 atom stereocenters. The molecule has 1 aliphatic rings. The maximum atomic E-state index is 13.7. The SMILES string of the molecule is CCCO.CCN(CC)CCNC(=O)c1c(C)[nH]c(/C=C2\C(=O)Nc3ccc(F)cc32)c1C.O=C=O. The molecule has 0 unspecified atom stereocenters. The van der Waals surface area contributed by atoms with Gasteiger partial charge in [-0.15, -0.1) is 0 Å². The highest BCUT2D eigenvalue weighted by atomic mass is 19.1. The number of carbonyl (C=O) groups excluding carboxylic acids is 4. The van der Waals surface area contributed by atoms with Crippen LogP contribution < -0.4 is 10.6 Å². The van der Waals surface area contributed by atoms with Crippen molar-refractivity contribution in [1.29, 1.82) is 0 Å². The van der Waals surface area contributed by atoms with Gasteiger partial charge in [-0.25, -0.2) is 4.39 Å². The van der Waals surface area contributed by atoms with E-state index in [1.807, 2.05) is 20.8 Å². The third-order valence-electron chi connectivity index (χ3n) is 5.59. The Morgan fingerprint density at radius 2 is 1.81 bits per heavy atom. The summed E-state index contributed by atoms with van der Waals surface area (Å²) in [6, 6.07) is 4.20. The van der Waals surface area contributed by atoms with E-state index in [0.29, 0.717) is 41.2 Å². The molecular formula is C26H35FN4O5. The molecule has 1 aromatic carbocycles. The summed E-state index contributed by atoms with van der Waals surface area (Å²) in [4.78, 5) is 46.7. The van der Waals surface area contributed by atoms with Crippen LogP contribution in [0.4, 0.5) is 10.1 Å². The van der Waals surface area contributed by atoms with E-state index >= 15 is 0 Å². The zero-order valence-electron chi connectivity index (χ0n) is 21.5. The van der Waals surface area contributed by atoms with Gasteiger partial charge < -0.3 is 25.6 Å². The van der Waals surface area contributed by atoms with E-state index in [9.17, 15) is 14.0 Å². The van der Waals surface area contributed by atoms with Crippen molar-refractivity contribution in [1.82, 2.24) is 15.2 Å². The molecule has 9 nitrogen and oxygen atoms in total. The van der Waals surface area contributed by atoms with Crippen LogP contribution in [0.25, 0.3) is 11.6 Å². The normalized spacial score (nSPS) is 12.7. The topological polar surface area (TPSA) is 132 Å². The Kier molecular flexibility index (Phi) is 13.0. The molecular weight excluding hydrogens is 467 g/mol. The van der Waals surface area contributed by atoms with Gasteiger partial charge in [0.1, 0.15) is 5.82 Å². The van der Waals surface area contributed by atoms with Gasteiger partial charge in [0.15, 0.2) is 0 Å². The quantitative estimate of drug-likeness (QED) is 0.410.